The fraction of sp³-hybridized carbons (Fsp3) is 0.480. The number of aromatic nitrogens is 2. The van der Waals surface area contributed by atoms with Gasteiger partial charge in [0, 0.05) is 17.4 Å². The lowest BCUT2D eigenvalue weighted by Crippen LogP contribution is -2.10. The van der Waals surface area contributed by atoms with Crippen LogP contribution in [0.15, 0.2) is 35.1 Å². The van der Waals surface area contributed by atoms with E-state index in [1.54, 1.807) is 13.0 Å². The molecule has 2 aromatic rings. The molecule has 0 radical (unpaired) electrons. The number of aryl methyl sites for hydroxylation is 2. The summed E-state index contributed by atoms with van der Waals surface area (Å²) in [6, 6.07) is 5.06. The Hall–Kier alpha value is -2.64. The van der Waals surface area contributed by atoms with E-state index in [0.717, 1.165) is 5.69 Å². The fourth-order valence-electron chi connectivity index (χ4n) is 3.93. The lowest BCUT2D eigenvalue weighted by molar-refractivity contribution is 0.442. The van der Waals surface area contributed by atoms with Crippen LogP contribution in [0.4, 0.5) is 17.5 Å². The van der Waals surface area contributed by atoms with Crippen molar-refractivity contribution < 1.29 is 0 Å². The van der Waals surface area contributed by atoms with Crippen molar-refractivity contribution in [2.45, 2.75) is 77.7 Å². The van der Waals surface area contributed by atoms with Gasteiger partial charge in [-0.1, -0.05) is 36.9 Å². The number of rotatable bonds is 5. The summed E-state index contributed by atoms with van der Waals surface area (Å²) in [4.78, 5) is 12.9. The monoisotopic (exact) mass is 469 g/mol. The molecule has 0 bridgehead atoms. The van der Waals surface area contributed by atoms with E-state index in [-0.39, 0.29) is 5.84 Å². The summed E-state index contributed by atoms with van der Waals surface area (Å²) in [7, 11) is 0. The van der Waals surface area contributed by atoms with Crippen molar-refractivity contribution in [1.29, 1.82) is 0 Å². The van der Waals surface area contributed by atoms with E-state index in [1.807, 2.05) is 0 Å². The Morgan fingerprint density at radius 2 is 1.76 bits per heavy atom. The molecule has 2 aliphatic rings. The van der Waals surface area contributed by atoms with Gasteiger partial charge >= 0.3 is 0 Å². The topological polar surface area (TPSA) is 128 Å². The molecule has 7 N–H and O–H groups in total. The molecular formula is C25H36ClN7. The van der Waals surface area contributed by atoms with Crippen LogP contribution in [0.5, 0.6) is 0 Å². The van der Waals surface area contributed by atoms with Crippen molar-refractivity contribution >= 4 is 34.9 Å². The maximum atomic E-state index is 6.18. The summed E-state index contributed by atoms with van der Waals surface area (Å²) >= 11 is 6.18. The van der Waals surface area contributed by atoms with Crippen LogP contribution in [0.25, 0.3) is 0 Å². The van der Waals surface area contributed by atoms with E-state index in [0.29, 0.717) is 34.4 Å². The Bertz CT molecular complexity index is 1020. The molecule has 178 valence electrons. The normalized spacial score (nSPS) is 17.4. The minimum absolute atomic E-state index is 0.236. The first-order chi connectivity index (χ1) is 15.7. The Balaban J connectivity index is 0.000000690. The zero-order valence-corrected chi connectivity index (χ0v) is 20.6. The number of nitrogens with two attached hydrogens (primary N) is 3. The molecule has 7 nitrogen and oxygen atoms in total. The Labute approximate surface area is 201 Å². The van der Waals surface area contributed by atoms with Crippen molar-refractivity contribution in [3.05, 3.63) is 51.8 Å². The number of benzene rings is 1. The summed E-state index contributed by atoms with van der Waals surface area (Å²) < 4.78 is 0. The van der Waals surface area contributed by atoms with Crippen LogP contribution in [0.1, 0.15) is 74.5 Å². The molecule has 2 aliphatic carbocycles. The summed E-state index contributed by atoms with van der Waals surface area (Å²) in [5, 5.41) is 3.62. The average molecular weight is 470 g/mol. The second-order valence-electron chi connectivity index (χ2n) is 9.11. The highest BCUT2D eigenvalue weighted by atomic mass is 35.5. The van der Waals surface area contributed by atoms with Crippen molar-refractivity contribution in [3.8, 4) is 0 Å². The summed E-state index contributed by atoms with van der Waals surface area (Å²) in [6.45, 7) is 6.02. The number of nitrogens with one attached hydrogen (secondary N) is 1. The van der Waals surface area contributed by atoms with Crippen molar-refractivity contribution in [1.82, 2.24) is 9.97 Å². The quantitative estimate of drug-likeness (QED) is 0.338. The second-order valence-corrected chi connectivity index (χ2v) is 9.52. The molecule has 1 aromatic heterocycles. The number of aliphatic imine (C=N–C) groups is 1. The number of nitrogens with zero attached hydrogens (tertiary/aromatic N) is 3. The first-order valence-electron chi connectivity index (χ1n) is 11.7. The number of hydrogen-bond acceptors (Lipinski definition) is 6. The van der Waals surface area contributed by atoms with Gasteiger partial charge in [0.1, 0.15) is 10.9 Å². The molecule has 0 spiro atoms. The third-order valence-corrected chi connectivity index (χ3v) is 6.13. The van der Waals surface area contributed by atoms with Crippen LogP contribution < -0.4 is 22.5 Å². The van der Waals surface area contributed by atoms with Crippen molar-refractivity contribution in [2.75, 3.05) is 5.32 Å². The minimum atomic E-state index is 0.236. The number of halogens is 1. The molecule has 0 amide bonds. The van der Waals surface area contributed by atoms with Crippen LogP contribution >= 0.6 is 11.6 Å². The standard InChI is InChI=1S/C22H29ClN6.C3H7N/c1-13-10-19(14(2)9-17(13)16-7-5-4-6-8-16)27-22-26-12-18(23)21(29-22)28-20(25)11-15(3)24;4-3-1-2-3/h9-12,16H,4-8,24H2,1-3H3,(H3,25,26,27,28,29);3H,1-2,4H2/b15-11-;. The largest absolute Gasteiger partial charge is 0.402 e. The smallest absolute Gasteiger partial charge is 0.229 e. The molecule has 1 heterocycles. The van der Waals surface area contributed by atoms with E-state index in [4.69, 9.17) is 28.8 Å². The van der Waals surface area contributed by atoms with Gasteiger partial charge in [0.15, 0.2) is 5.82 Å². The van der Waals surface area contributed by atoms with E-state index in [1.165, 1.54) is 67.8 Å². The minimum Gasteiger partial charge on any atom is -0.402 e. The highest BCUT2D eigenvalue weighted by Crippen LogP contribution is 2.36. The Morgan fingerprint density at radius 1 is 1.09 bits per heavy atom. The van der Waals surface area contributed by atoms with Crippen LogP contribution in [0.2, 0.25) is 5.02 Å². The molecule has 0 unspecified atom stereocenters. The van der Waals surface area contributed by atoms with Crippen LogP contribution in [-0.4, -0.2) is 21.8 Å². The molecule has 33 heavy (non-hydrogen) atoms. The van der Waals surface area contributed by atoms with Gasteiger partial charge in [0.25, 0.3) is 0 Å². The fourth-order valence-corrected chi connectivity index (χ4v) is 4.06. The maximum Gasteiger partial charge on any atom is 0.229 e. The van der Waals surface area contributed by atoms with Crippen LogP contribution in [0.3, 0.4) is 0 Å². The zero-order valence-electron chi connectivity index (χ0n) is 19.9. The van der Waals surface area contributed by atoms with E-state index in [2.05, 4.69) is 46.3 Å². The van der Waals surface area contributed by atoms with Gasteiger partial charge < -0.3 is 22.5 Å². The van der Waals surface area contributed by atoms with E-state index >= 15 is 0 Å². The molecule has 8 heteroatoms. The third kappa shape index (κ3) is 7.72. The van der Waals surface area contributed by atoms with Crippen LogP contribution in [0, 0.1) is 13.8 Å². The van der Waals surface area contributed by atoms with Gasteiger partial charge in [-0.3, -0.25) is 0 Å². The lowest BCUT2D eigenvalue weighted by atomic mass is 9.81. The summed E-state index contributed by atoms with van der Waals surface area (Å²) in [5.74, 6) is 1.63. The van der Waals surface area contributed by atoms with E-state index < -0.39 is 0 Å². The lowest BCUT2D eigenvalue weighted by Gasteiger charge is -2.25. The highest BCUT2D eigenvalue weighted by molar-refractivity contribution is 6.32. The molecule has 2 fully saturated rings. The molecular weight excluding hydrogens is 434 g/mol. The molecule has 0 aliphatic heterocycles. The highest BCUT2D eigenvalue weighted by Gasteiger charge is 2.18. The van der Waals surface area contributed by atoms with Gasteiger partial charge in [-0.25, -0.2) is 9.98 Å². The maximum absolute atomic E-state index is 6.18. The van der Waals surface area contributed by atoms with Gasteiger partial charge in [0.05, 0.1) is 6.20 Å². The van der Waals surface area contributed by atoms with Gasteiger partial charge in [-0.2, -0.15) is 4.98 Å². The molecule has 0 saturated heterocycles. The average Bonchev–Trinajstić information content (AvgIpc) is 3.55. The van der Waals surface area contributed by atoms with Gasteiger partial charge in [-0.15, -0.1) is 0 Å². The predicted octanol–water partition coefficient (Wildman–Crippen LogP) is 5.50. The zero-order chi connectivity index (χ0) is 24.0. The number of hydrogen-bond donors (Lipinski definition) is 4. The van der Waals surface area contributed by atoms with Crippen molar-refractivity contribution in [3.63, 3.8) is 0 Å². The number of anilines is 2. The first-order valence-corrected chi connectivity index (χ1v) is 12.0. The third-order valence-electron chi connectivity index (χ3n) is 5.86. The van der Waals surface area contributed by atoms with Crippen LogP contribution in [-0.2, 0) is 0 Å². The number of allylic oxidation sites excluding steroid dienone is 1. The Morgan fingerprint density at radius 3 is 2.36 bits per heavy atom. The molecule has 4 rings (SSSR count). The van der Waals surface area contributed by atoms with E-state index in [9.17, 15) is 0 Å². The molecule has 0 atom stereocenters. The first kappa shape index (κ1) is 25.0. The van der Waals surface area contributed by atoms with Crippen molar-refractivity contribution in [2.24, 2.45) is 22.2 Å². The molecule has 2 saturated carbocycles. The number of amidine groups is 1. The summed E-state index contributed by atoms with van der Waals surface area (Å²) in [6.07, 6.45) is 12.2. The summed E-state index contributed by atoms with van der Waals surface area (Å²) in [5.41, 5.74) is 22.2. The SMILES string of the molecule is C/C(N)=C/C(N)=Nc1nc(Nc2cc(C)c(C3CCCCC3)cc2C)ncc1Cl.NC1CC1. The Kier molecular flexibility index (Phi) is 8.69. The van der Waals surface area contributed by atoms with Gasteiger partial charge in [-0.05, 0) is 81.2 Å². The second kappa shape index (κ2) is 11.5. The van der Waals surface area contributed by atoms with Gasteiger partial charge in [0.2, 0.25) is 5.95 Å². The molecule has 1 aromatic carbocycles. The predicted molar refractivity (Wildman–Crippen MR) is 139 cm³/mol.